The number of nitrogens with zero attached hydrogens (tertiary/aromatic N) is 1. The van der Waals surface area contributed by atoms with E-state index in [1.165, 1.54) is 7.11 Å². The fraction of sp³-hybridized carbons (Fsp3) is 0.250. The van der Waals surface area contributed by atoms with E-state index in [0.29, 0.717) is 15.6 Å². The summed E-state index contributed by atoms with van der Waals surface area (Å²) >= 11 is 0. The Morgan fingerprint density at radius 2 is 2.06 bits per heavy atom. The average Bonchev–Trinajstić information content (AvgIpc) is 2.87. The first-order valence-corrected chi connectivity index (χ1v) is 10.6. The molecule has 1 heterocycles. The molecule has 0 spiro atoms. The molecular formula is C20H20N3O7SU-. The topological polar surface area (TPSA) is 156 Å². The summed E-state index contributed by atoms with van der Waals surface area (Å²) in [5, 5.41) is 11.6. The maximum absolute atomic E-state index is 13.2. The van der Waals surface area contributed by atoms with E-state index in [4.69, 9.17) is 15.6 Å². The monoisotopic (exact) mass is 684 g/mol. The van der Waals surface area contributed by atoms with Crippen molar-refractivity contribution in [1.29, 1.82) is 0 Å². The first-order chi connectivity index (χ1) is 14.6. The third-order valence-corrected chi connectivity index (χ3v) is 6.60. The maximum Gasteiger partial charge on any atom is 0.337 e. The van der Waals surface area contributed by atoms with Gasteiger partial charge in [0.25, 0.3) is 10.0 Å². The number of hydrogen-bond donors (Lipinski definition) is 3. The SMILES string of the molecule is COc1cc[c-]cc1CC1CNC(=O)CN(S(=O)(=O)c2ccc(C(=O)O)c(N)c2)C1=O.[U]. The molecule has 10 nitrogen and oxygen atoms in total. The molecule has 4 N–H and O–H groups in total. The van der Waals surface area contributed by atoms with E-state index in [-0.39, 0.29) is 60.2 Å². The Hall–Kier alpha value is -2.55. The first-order valence-electron chi connectivity index (χ1n) is 9.14. The molecule has 32 heavy (non-hydrogen) atoms. The molecule has 2 aromatic carbocycles. The van der Waals surface area contributed by atoms with Crippen molar-refractivity contribution in [2.45, 2.75) is 11.3 Å². The zero-order valence-electron chi connectivity index (χ0n) is 17.0. The zero-order chi connectivity index (χ0) is 22.8. The van der Waals surface area contributed by atoms with Crippen molar-refractivity contribution in [3.05, 3.63) is 53.6 Å². The minimum absolute atomic E-state index is 0. The number of carboxylic acids is 1. The van der Waals surface area contributed by atoms with Crippen LogP contribution in [-0.4, -0.2) is 55.8 Å². The number of anilines is 1. The predicted octanol–water partition coefficient (Wildman–Crippen LogP) is 0.282. The molecule has 1 atom stereocenters. The molecular weight excluding hydrogens is 664 g/mol. The number of carbonyl (C=O) groups is 3. The summed E-state index contributed by atoms with van der Waals surface area (Å²) in [6.45, 7) is -0.752. The molecule has 1 unspecified atom stereocenters. The number of sulfonamides is 1. The third-order valence-electron chi connectivity index (χ3n) is 4.86. The van der Waals surface area contributed by atoms with E-state index in [2.05, 4.69) is 11.4 Å². The summed E-state index contributed by atoms with van der Waals surface area (Å²) in [6.07, 6.45) is 0.117. The summed E-state index contributed by atoms with van der Waals surface area (Å²) in [5.74, 6) is -3.10. The molecule has 1 saturated heterocycles. The van der Waals surface area contributed by atoms with Crippen molar-refractivity contribution in [3.63, 3.8) is 0 Å². The number of hydrogen-bond acceptors (Lipinski definition) is 7. The standard InChI is InChI=1S/C20H20N3O7S.U/c1-30-17-5-3-2-4-12(17)8-13-10-22-18(24)11-23(19(13)25)31(28,29)14-6-7-15(20(26)27)16(21)9-14;/h3-7,9,13H,8,10-11,21H2,1H3,(H,22,24)(H,26,27);/q-1;. The van der Waals surface area contributed by atoms with E-state index in [1.54, 1.807) is 18.2 Å². The van der Waals surface area contributed by atoms with Crippen LogP contribution in [0.3, 0.4) is 0 Å². The maximum atomic E-state index is 13.2. The number of rotatable bonds is 6. The van der Waals surface area contributed by atoms with Gasteiger partial charge in [-0.15, -0.1) is 11.6 Å². The summed E-state index contributed by atoms with van der Waals surface area (Å²) in [6, 6.07) is 10.8. The molecule has 1 fully saturated rings. The van der Waals surface area contributed by atoms with E-state index in [1.807, 2.05) is 0 Å². The van der Waals surface area contributed by atoms with Crippen molar-refractivity contribution < 1.29 is 63.8 Å². The van der Waals surface area contributed by atoms with Crippen LogP contribution in [0.25, 0.3) is 0 Å². The number of nitrogens with two attached hydrogens (primary N) is 1. The Kier molecular flexibility index (Phi) is 8.34. The molecule has 0 radical (unpaired) electrons. The molecule has 0 bridgehead atoms. The van der Waals surface area contributed by atoms with Crippen LogP contribution >= 0.6 is 0 Å². The van der Waals surface area contributed by atoms with E-state index in [0.717, 1.165) is 18.2 Å². The van der Waals surface area contributed by atoms with Crippen LogP contribution in [0.15, 0.2) is 41.3 Å². The smallest absolute Gasteiger partial charge is 0.337 e. The zero-order valence-corrected chi connectivity index (χ0v) is 22.0. The fourth-order valence-corrected chi connectivity index (χ4v) is 4.70. The van der Waals surface area contributed by atoms with E-state index in [9.17, 15) is 22.8 Å². The third kappa shape index (κ3) is 5.26. The minimum Gasteiger partial charge on any atom is -0.522 e. The van der Waals surface area contributed by atoms with Gasteiger partial charge in [0.05, 0.1) is 23.5 Å². The van der Waals surface area contributed by atoms with Crippen LogP contribution in [-0.2, 0) is 26.0 Å². The van der Waals surface area contributed by atoms with Gasteiger partial charge in [-0.2, -0.15) is 18.2 Å². The van der Waals surface area contributed by atoms with Gasteiger partial charge in [-0.05, 0) is 18.2 Å². The molecule has 3 rings (SSSR count). The number of carboxylic acid groups (broad SMARTS) is 1. The molecule has 0 saturated carbocycles. The second kappa shape index (κ2) is 10.4. The molecule has 0 aromatic heterocycles. The number of carbonyl (C=O) groups excluding carboxylic acids is 2. The summed E-state index contributed by atoms with van der Waals surface area (Å²) < 4.78 is 32.0. The van der Waals surface area contributed by atoms with Crippen LogP contribution < -0.4 is 15.8 Å². The van der Waals surface area contributed by atoms with Crippen LogP contribution in [0.1, 0.15) is 15.9 Å². The Morgan fingerprint density at radius 1 is 1.34 bits per heavy atom. The molecule has 2 aromatic rings. The Labute approximate surface area is 208 Å². The molecule has 1 aliphatic heterocycles. The Bertz CT molecular complexity index is 1150. The van der Waals surface area contributed by atoms with Gasteiger partial charge in [0.15, 0.2) is 0 Å². The van der Waals surface area contributed by atoms with Gasteiger partial charge in [0.2, 0.25) is 11.8 Å². The van der Waals surface area contributed by atoms with Crippen molar-refractivity contribution in [2.75, 3.05) is 25.9 Å². The normalized spacial score (nSPS) is 16.5. The second-order valence-electron chi connectivity index (χ2n) is 6.85. The van der Waals surface area contributed by atoms with Crippen molar-refractivity contribution in [3.8, 4) is 5.75 Å². The number of nitrogens with one attached hydrogen (secondary N) is 1. The summed E-state index contributed by atoms with van der Waals surface area (Å²) in [5.41, 5.74) is 5.74. The van der Waals surface area contributed by atoms with E-state index >= 15 is 0 Å². The second-order valence-corrected chi connectivity index (χ2v) is 8.71. The number of aromatic carboxylic acids is 1. The largest absolute Gasteiger partial charge is 0.522 e. The fourth-order valence-electron chi connectivity index (χ4n) is 3.25. The number of ether oxygens (including phenoxy) is 1. The molecule has 0 aliphatic carbocycles. The van der Waals surface area contributed by atoms with Crippen LogP contribution in [0.2, 0.25) is 0 Å². The molecule has 2 amide bonds. The first kappa shape index (κ1) is 25.7. The number of methoxy groups -OCH3 is 1. The van der Waals surface area contributed by atoms with Gasteiger partial charge in [-0.25, -0.2) is 17.5 Å². The Balaban J connectivity index is 0.00000363. The number of benzene rings is 2. The quantitative estimate of drug-likeness (QED) is 0.290. The molecule has 168 valence electrons. The van der Waals surface area contributed by atoms with E-state index < -0.39 is 40.3 Å². The number of amides is 2. The van der Waals surface area contributed by atoms with Crippen molar-refractivity contribution in [1.82, 2.24) is 9.62 Å². The van der Waals surface area contributed by atoms with Gasteiger partial charge < -0.3 is 20.9 Å². The van der Waals surface area contributed by atoms with Gasteiger partial charge in [-0.3, -0.25) is 9.59 Å². The van der Waals surface area contributed by atoms with Crippen LogP contribution in [0, 0.1) is 43.1 Å². The van der Waals surface area contributed by atoms with Gasteiger partial charge in [-0.1, -0.05) is 6.42 Å². The molecule has 1 aliphatic rings. The minimum atomic E-state index is -4.46. The van der Waals surface area contributed by atoms with Gasteiger partial charge in [0.1, 0.15) is 6.54 Å². The van der Waals surface area contributed by atoms with Crippen molar-refractivity contribution in [2.24, 2.45) is 5.92 Å². The number of nitrogen functional groups attached to an aromatic ring is 1. The summed E-state index contributed by atoms with van der Waals surface area (Å²) in [4.78, 5) is 36.0. The van der Waals surface area contributed by atoms with Gasteiger partial charge in [0, 0.05) is 49.1 Å². The van der Waals surface area contributed by atoms with Crippen molar-refractivity contribution >= 4 is 33.5 Å². The average molecular weight is 684 g/mol. The van der Waals surface area contributed by atoms with Crippen LogP contribution in [0.5, 0.6) is 5.75 Å². The Morgan fingerprint density at radius 3 is 2.69 bits per heavy atom. The van der Waals surface area contributed by atoms with Gasteiger partial charge >= 0.3 is 5.97 Å². The van der Waals surface area contributed by atoms with Crippen LogP contribution in [0.4, 0.5) is 5.69 Å². The molecule has 12 heteroatoms. The summed E-state index contributed by atoms with van der Waals surface area (Å²) in [7, 11) is -2.99. The predicted molar refractivity (Wildman–Crippen MR) is 109 cm³/mol.